The summed E-state index contributed by atoms with van der Waals surface area (Å²) in [6.07, 6.45) is 3.68. The molecule has 0 fully saturated rings. The van der Waals surface area contributed by atoms with E-state index < -0.39 is 0 Å². The second-order valence-corrected chi connectivity index (χ2v) is 6.99. The van der Waals surface area contributed by atoms with Crippen LogP contribution < -0.4 is 4.74 Å². The van der Waals surface area contributed by atoms with Crippen molar-refractivity contribution in [3.63, 3.8) is 0 Å². The quantitative estimate of drug-likeness (QED) is 0.840. The van der Waals surface area contributed by atoms with Gasteiger partial charge in [0.2, 0.25) is 5.91 Å². The first kappa shape index (κ1) is 16.1. The molecule has 1 atom stereocenters. The molecule has 6 nitrogen and oxygen atoms in total. The summed E-state index contributed by atoms with van der Waals surface area (Å²) >= 11 is 0. The molecular formula is C19H24N4O2. The summed E-state index contributed by atoms with van der Waals surface area (Å²) in [6, 6.07) is 6.19. The fraction of sp³-hybridized carbons (Fsp3) is 0.526. The van der Waals surface area contributed by atoms with Gasteiger partial charge in [-0.3, -0.25) is 4.79 Å². The fourth-order valence-corrected chi connectivity index (χ4v) is 3.94. The van der Waals surface area contributed by atoms with Crippen LogP contribution in [0.15, 0.2) is 18.2 Å². The molecule has 3 heterocycles. The van der Waals surface area contributed by atoms with E-state index >= 15 is 0 Å². The van der Waals surface area contributed by atoms with Gasteiger partial charge in [0, 0.05) is 19.5 Å². The molecule has 0 saturated carbocycles. The zero-order valence-corrected chi connectivity index (χ0v) is 14.9. The number of benzene rings is 1. The minimum atomic E-state index is 0.00778. The van der Waals surface area contributed by atoms with Crippen LogP contribution in [0.25, 0.3) is 0 Å². The highest BCUT2D eigenvalue weighted by atomic mass is 16.5. The molecule has 6 heteroatoms. The zero-order chi connectivity index (χ0) is 17.4. The van der Waals surface area contributed by atoms with Gasteiger partial charge in [0.25, 0.3) is 0 Å². The largest absolute Gasteiger partial charge is 0.497 e. The number of ether oxygens (including phenoxy) is 1. The number of aromatic nitrogens is 3. The normalized spacial score (nSPS) is 19.8. The van der Waals surface area contributed by atoms with Gasteiger partial charge in [-0.25, -0.2) is 9.67 Å². The average Bonchev–Trinajstić information content (AvgIpc) is 2.86. The number of fused-ring (bicyclic) bond motifs is 2. The Morgan fingerprint density at radius 3 is 3.00 bits per heavy atom. The Morgan fingerprint density at radius 1 is 1.28 bits per heavy atom. The van der Waals surface area contributed by atoms with Crippen LogP contribution >= 0.6 is 0 Å². The molecule has 0 N–H and O–H groups in total. The summed E-state index contributed by atoms with van der Waals surface area (Å²) in [5.74, 6) is 2.95. The maximum Gasteiger partial charge on any atom is 0.227 e. The van der Waals surface area contributed by atoms with E-state index in [-0.39, 0.29) is 11.8 Å². The van der Waals surface area contributed by atoms with Crippen LogP contribution in [0, 0.1) is 12.8 Å². The first-order chi connectivity index (χ1) is 12.1. The SMILES string of the molecule is COc1ccc2c(c1)CCCN(C(=O)C1CCc3nc(C)nn3C1)C2. The molecule has 2 aliphatic rings. The number of aryl methyl sites for hydroxylation is 3. The summed E-state index contributed by atoms with van der Waals surface area (Å²) in [7, 11) is 1.69. The first-order valence-electron chi connectivity index (χ1n) is 8.99. The molecule has 0 aliphatic carbocycles. The van der Waals surface area contributed by atoms with Crippen molar-refractivity contribution >= 4 is 5.91 Å². The third-order valence-electron chi connectivity index (χ3n) is 5.27. The monoisotopic (exact) mass is 340 g/mol. The number of rotatable bonds is 2. The lowest BCUT2D eigenvalue weighted by Crippen LogP contribution is -2.39. The predicted octanol–water partition coefficient (Wildman–Crippen LogP) is 2.13. The Labute approximate surface area is 147 Å². The van der Waals surface area contributed by atoms with E-state index in [0.717, 1.165) is 49.6 Å². The maximum atomic E-state index is 13.1. The van der Waals surface area contributed by atoms with E-state index in [2.05, 4.69) is 22.2 Å². The maximum absolute atomic E-state index is 13.1. The highest BCUT2D eigenvalue weighted by Crippen LogP contribution is 2.26. The molecule has 2 aliphatic heterocycles. The lowest BCUT2D eigenvalue weighted by atomic mass is 9.98. The number of hydrogen-bond acceptors (Lipinski definition) is 4. The van der Waals surface area contributed by atoms with Gasteiger partial charge in [0.05, 0.1) is 19.6 Å². The molecule has 0 spiro atoms. The number of amides is 1. The lowest BCUT2D eigenvalue weighted by molar-refractivity contribution is -0.137. The van der Waals surface area contributed by atoms with E-state index in [0.29, 0.717) is 13.1 Å². The number of methoxy groups -OCH3 is 1. The van der Waals surface area contributed by atoms with Crippen molar-refractivity contribution in [2.45, 2.75) is 45.7 Å². The average molecular weight is 340 g/mol. The van der Waals surface area contributed by atoms with Crippen LogP contribution in [0.1, 0.15) is 35.6 Å². The van der Waals surface area contributed by atoms with Crippen LogP contribution in [-0.4, -0.2) is 39.2 Å². The summed E-state index contributed by atoms with van der Waals surface area (Å²) in [4.78, 5) is 19.6. The van der Waals surface area contributed by atoms with E-state index in [1.807, 2.05) is 22.6 Å². The summed E-state index contributed by atoms with van der Waals surface area (Å²) in [5, 5.41) is 4.42. The second-order valence-electron chi connectivity index (χ2n) is 6.99. The highest BCUT2D eigenvalue weighted by Gasteiger charge is 2.30. The van der Waals surface area contributed by atoms with E-state index in [4.69, 9.17) is 4.74 Å². The Bertz CT molecular complexity index is 799. The molecule has 0 bridgehead atoms. The Hall–Kier alpha value is -2.37. The van der Waals surface area contributed by atoms with Crippen molar-refractivity contribution in [2.75, 3.05) is 13.7 Å². The van der Waals surface area contributed by atoms with Crippen molar-refractivity contribution in [1.82, 2.24) is 19.7 Å². The predicted molar refractivity (Wildman–Crippen MR) is 93.3 cm³/mol. The molecule has 0 radical (unpaired) electrons. The molecule has 1 unspecified atom stereocenters. The van der Waals surface area contributed by atoms with Crippen LogP contribution in [0.2, 0.25) is 0 Å². The van der Waals surface area contributed by atoms with E-state index in [1.54, 1.807) is 7.11 Å². The molecule has 1 aromatic carbocycles. The Morgan fingerprint density at radius 2 is 2.16 bits per heavy atom. The van der Waals surface area contributed by atoms with E-state index in [9.17, 15) is 4.79 Å². The van der Waals surface area contributed by atoms with Crippen LogP contribution in [0.4, 0.5) is 0 Å². The minimum Gasteiger partial charge on any atom is -0.497 e. The molecule has 1 aromatic heterocycles. The van der Waals surface area contributed by atoms with Crippen molar-refractivity contribution < 1.29 is 9.53 Å². The molecule has 2 aromatic rings. The molecule has 132 valence electrons. The van der Waals surface area contributed by atoms with Crippen LogP contribution in [0.3, 0.4) is 0 Å². The van der Waals surface area contributed by atoms with Gasteiger partial charge in [0.15, 0.2) is 0 Å². The summed E-state index contributed by atoms with van der Waals surface area (Å²) in [5.41, 5.74) is 2.53. The van der Waals surface area contributed by atoms with Gasteiger partial charge in [-0.15, -0.1) is 0 Å². The number of carbonyl (C=O) groups excluding carboxylic acids is 1. The van der Waals surface area contributed by atoms with Crippen molar-refractivity contribution in [2.24, 2.45) is 5.92 Å². The van der Waals surface area contributed by atoms with Crippen molar-refractivity contribution in [3.8, 4) is 5.75 Å². The smallest absolute Gasteiger partial charge is 0.227 e. The van der Waals surface area contributed by atoms with Gasteiger partial charge in [-0.2, -0.15) is 5.10 Å². The number of carbonyl (C=O) groups is 1. The van der Waals surface area contributed by atoms with Crippen LogP contribution in [0.5, 0.6) is 5.75 Å². The number of hydrogen-bond donors (Lipinski definition) is 0. The standard InChI is InChI=1S/C19H24N4O2/c1-13-20-18-8-6-16(12-23(18)21-13)19(24)22-9-3-4-14-10-17(25-2)7-5-15(14)11-22/h5,7,10,16H,3-4,6,8-9,11-12H2,1-2H3. The van der Waals surface area contributed by atoms with Gasteiger partial charge >= 0.3 is 0 Å². The summed E-state index contributed by atoms with van der Waals surface area (Å²) in [6.45, 7) is 4.07. The van der Waals surface area contributed by atoms with Gasteiger partial charge in [-0.05, 0) is 49.4 Å². The molecule has 25 heavy (non-hydrogen) atoms. The molecular weight excluding hydrogens is 316 g/mol. The zero-order valence-electron chi connectivity index (χ0n) is 14.9. The molecule has 1 amide bonds. The fourth-order valence-electron chi connectivity index (χ4n) is 3.94. The topological polar surface area (TPSA) is 60.2 Å². The van der Waals surface area contributed by atoms with Gasteiger partial charge < -0.3 is 9.64 Å². The third-order valence-corrected chi connectivity index (χ3v) is 5.27. The molecule has 0 saturated heterocycles. The van der Waals surface area contributed by atoms with E-state index in [1.165, 1.54) is 11.1 Å². The second kappa shape index (κ2) is 6.50. The Balaban J connectivity index is 1.50. The summed E-state index contributed by atoms with van der Waals surface area (Å²) < 4.78 is 7.24. The minimum absolute atomic E-state index is 0.00778. The third kappa shape index (κ3) is 3.13. The lowest BCUT2D eigenvalue weighted by Gasteiger charge is -2.28. The van der Waals surface area contributed by atoms with Crippen molar-refractivity contribution in [1.29, 1.82) is 0 Å². The highest BCUT2D eigenvalue weighted by molar-refractivity contribution is 5.79. The van der Waals surface area contributed by atoms with Crippen LogP contribution in [-0.2, 0) is 30.7 Å². The Kier molecular flexibility index (Phi) is 4.19. The van der Waals surface area contributed by atoms with Gasteiger partial charge in [-0.1, -0.05) is 6.07 Å². The van der Waals surface area contributed by atoms with Crippen molar-refractivity contribution in [3.05, 3.63) is 41.0 Å². The first-order valence-corrected chi connectivity index (χ1v) is 8.99. The molecule has 4 rings (SSSR count). The van der Waals surface area contributed by atoms with Gasteiger partial charge in [0.1, 0.15) is 17.4 Å². The number of nitrogens with zero attached hydrogens (tertiary/aromatic N) is 4.